The van der Waals surface area contributed by atoms with Gasteiger partial charge >= 0.3 is 5.97 Å². The van der Waals surface area contributed by atoms with Crippen LogP contribution in [0.1, 0.15) is 47.7 Å². The SMILES string of the molecule is CC(N)c1nc(C(=O)N2CCCC[C@@H]2C(=O)O)cs1. The lowest BCUT2D eigenvalue weighted by Gasteiger charge is -2.32. The summed E-state index contributed by atoms with van der Waals surface area (Å²) in [7, 11) is 0. The first-order chi connectivity index (χ1) is 9.00. The highest BCUT2D eigenvalue weighted by Crippen LogP contribution is 2.22. The number of amides is 1. The van der Waals surface area contributed by atoms with E-state index in [1.165, 1.54) is 16.2 Å². The van der Waals surface area contributed by atoms with Crippen LogP contribution in [0, 0.1) is 0 Å². The molecule has 104 valence electrons. The number of nitrogens with zero attached hydrogens (tertiary/aromatic N) is 2. The van der Waals surface area contributed by atoms with Gasteiger partial charge in [-0.25, -0.2) is 9.78 Å². The van der Waals surface area contributed by atoms with Crippen LogP contribution in [0.2, 0.25) is 0 Å². The number of nitrogens with two attached hydrogens (primary N) is 1. The zero-order chi connectivity index (χ0) is 14.0. The highest BCUT2D eigenvalue weighted by molar-refractivity contribution is 7.09. The fourth-order valence-corrected chi connectivity index (χ4v) is 2.93. The molecule has 0 saturated carbocycles. The molecule has 19 heavy (non-hydrogen) atoms. The van der Waals surface area contributed by atoms with Crippen LogP contribution in [0.25, 0.3) is 0 Å². The molecule has 6 nitrogen and oxygen atoms in total. The Labute approximate surface area is 115 Å². The Morgan fingerprint density at radius 2 is 2.32 bits per heavy atom. The predicted molar refractivity (Wildman–Crippen MR) is 71.0 cm³/mol. The molecule has 0 aromatic carbocycles. The summed E-state index contributed by atoms with van der Waals surface area (Å²) in [6.07, 6.45) is 2.17. The molecule has 0 aliphatic carbocycles. The van der Waals surface area contributed by atoms with E-state index in [2.05, 4.69) is 4.98 Å². The minimum atomic E-state index is -0.948. The normalized spacial score (nSPS) is 21.2. The van der Waals surface area contributed by atoms with Gasteiger partial charge in [-0.3, -0.25) is 4.79 Å². The van der Waals surface area contributed by atoms with Crippen molar-refractivity contribution < 1.29 is 14.7 Å². The highest BCUT2D eigenvalue weighted by atomic mass is 32.1. The van der Waals surface area contributed by atoms with Gasteiger partial charge in [0.15, 0.2) is 0 Å². The predicted octanol–water partition coefficient (Wildman–Crippen LogP) is 1.24. The molecule has 2 rings (SSSR count). The van der Waals surface area contributed by atoms with Gasteiger partial charge in [0.2, 0.25) is 0 Å². The largest absolute Gasteiger partial charge is 0.480 e. The molecule has 1 aromatic heterocycles. The summed E-state index contributed by atoms with van der Waals surface area (Å²) in [6.45, 7) is 2.27. The van der Waals surface area contributed by atoms with Gasteiger partial charge in [-0.15, -0.1) is 11.3 Å². The van der Waals surface area contributed by atoms with Gasteiger partial charge in [0.25, 0.3) is 5.91 Å². The molecule has 1 aliphatic heterocycles. The lowest BCUT2D eigenvalue weighted by molar-refractivity contribution is -0.143. The van der Waals surface area contributed by atoms with Crippen LogP contribution in [0.15, 0.2) is 5.38 Å². The topological polar surface area (TPSA) is 96.5 Å². The molecular formula is C12H17N3O3S. The molecule has 0 radical (unpaired) electrons. The molecule has 3 N–H and O–H groups in total. The zero-order valence-electron chi connectivity index (χ0n) is 10.7. The van der Waals surface area contributed by atoms with E-state index in [1.807, 2.05) is 0 Å². The summed E-state index contributed by atoms with van der Waals surface area (Å²) in [5.41, 5.74) is 6.01. The quantitative estimate of drug-likeness (QED) is 0.870. The number of carboxylic acids is 1. The number of aliphatic carboxylic acids is 1. The Kier molecular flexibility index (Phi) is 4.16. The zero-order valence-corrected chi connectivity index (χ0v) is 11.5. The highest BCUT2D eigenvalue weighted by Gasteiger charge is 2.33. The number of carbonyl (C=O) groups is 2. The second-order valence-corrected chi connectivity index (χ2v) is 5.60. The Bertz CT molecular complexity index is 486. The van der Waals surface area contributed by atoms with Crippen LogP contribution in [0.5, 0.6) is 0 Å². The van der Waals surface area contributed by atoms with Gasteiger partial charge in [-0.05, 0) is 26.2 Å². The minimum Gasteiger partial charge on any atom is -0.480 e. The number of carbonyl (C=O) groups excluding carboxylic acids is 1. The third-order valence-electron chi connectivity index (χ3n) is 3.18. The average Bonchev–Trinajstić information content (AvgIpc) is 2.87. The second-order valence-electron chi connectivity index (χ2n) is 4.71. The van der Waals surface area contributed by atoms with E-state index in [-0.39, 0.29) is 11.9 Å². The van der Waals surface area contributed by atoms with E-state index in [4.69, 9.17) is 10.8 Å². The Morgan fingerprint density at radius 1 is 1.58 bits per heavy atom. The Balaban J connectivity index is 2.18. The van der Waals surface area contributed by atoms with Crippen molar-refractivity contribution in [1.82, 2.24) is 9.88 Å². The number of piperidine rings is 1. The van der Waals surface area contributed by atoms with Gasteiger partial charge in [0.05, 0.1) is 6.04 Å². The van der Waals surface area contributed by atoms with E-state index < -0.39 is 12.0 Å². The number of hydrogen-bond acceptors (Lipinski definition) is 5. The third kappa shape index (κ3) is 2.93. The van der Waals surface area contributed by atoms with Crippen molar-refractivity contribution in [3.63, 3.8) is 0 Å². The van der Waals surface area contributed by atoms with Crippen molar-refractivity contribution in [2.24, 2.45) is 5.73 Å². The van der Waals surface area contributed by atoms with E-state index in [0.717, 1.165) is 12.8 Å². The van der Waals surface area contributed by atoms with Crippen LogP contribution < -0.4 is 5.73 Å². The number of hydrogen-bond donors (Lipinski definition) is 2. The van der Waals surface area contributed by atoms with E-state index in [9.17, 15) is 9.59 Å². The molecule has 2 heterocycles. The summed E-state index contributed by atoms with van der Waals surface area (Å²) in [4.78, 5) is 29.1. The van der Waals surface area contributed by atoms with Crippen molar-refractivity contribution in [1.29, 1.82) is 0 Å². The summed E-state index contributed by atoms with van der Waals surface area (Å²) in [5, 5.41) is 11.5. The summed E-state index contributed by atoms with van der Waals surface area (Å²) in [5.74, 6) is -1.26. The van der Waals surface area contributed by atoms with Crippen molar-refractivity contribution in [2.75, 3.05) is 6.54 Å². The number of carboxylic acid groups (broad SMARTS) is 1. The maximum Gasteiger partial charge on any atom is 0.326 e. The van der Waals surface area contributed by atoms with Crippen molar-refractivity contribution in [2.45, 2.75) is 38.3 Å². The van der Waals surface area contributed by atoms with Crippen LogP contribution >= 0.6 is 11.3 Å². The monoisotopic (exact) mass is 283 g/mol. The first kappa shape index (κ1) is 14.0. The molecule has 1 aromatic rings. The maximum atomic E-state index is 12.3. The molecule has 1 saturated heterocycles. The van der Waals surface area contributed by atoms with Gasteiger partial charge in [0.1, 0.15) is 16.7 Å². The Morgan fingerprint density at radius 3 is 2.89 bits per heavy atom. The molecule has 7 heteroatoms. The maximum absolute atomic E-state index is 12.3. The van der Waals surface area contributed by atoms with Crippen LogP contribution in [-0.2, 0) is 4.79 Å². The Hall–Kier alpha value is -1.47. The summed E-state index contributed by atoms with van der Waals surface area (Å²) < 4.78 is 0. The molecule has 1 amide bonds. The molecular weight excluding hydrogens is 266 g/mol. The number of thiazole rings is 1. The molecule has 1 aliphatic rings. The van der Waals surface area contributed by atoms with Crippen molar-refractivity contribution in [3.8, 4) is 0 Å². The summed E-state index contributed by atoms with van der Waals surface area (Å²) in [6, 6.07) is -0.954. The number of aromatic nitrogens is 1. The van der Waals surface area contributed by atoms with Crippen LogP contribution in [0.3, 0.4) is 0 Å². The van der Waals surface area contributed by atoms with E-state index in [1.54, 1.807) is 12.3 Å². The molecule has 1 unspecified atom stereocenters. The van der Waals surface area contributed by atoms with Crippen molar-refractivity contribution in [3.05, 3.63) is 16.1 Å². The first-order valence-electron chi connectivity index (χ1n) is 6.25. The van der Waals surface area contributed by atoms with Gasteiger partial charge in [-0.2, -0.15) is 0 Å². The lowest BCUT2D eigenvalue weighted by atomic mass is 10.0. The van der Waals surface area contributed by atoms with Gasteiger partial charge < -0.3 is 15.7 Å². The van der Waals surface area contributed by atoms with Gasteiger partial charge in [-0.1, -0.05) is 0 Å². The van der Waals surface area contributed by atoms with E-state index in [0.29, 0.717) is 23.7 Å². The lowest BCUT2D eigenvalue weighted by Crippen LogP contribution is -2.48. The molecule has 0 bridgehead atoms. The number of rotatable bonds is 3. The second kappa shape index (κ2) is 5.66. The van der Waals surface area contributed by atoms with Crippen LogP contribution in [0.4, 0.5) is 0 Å². The first-order valence-corrected chi connectivity index (χ1v) is 7.13. The molecule has 1 fully saturated rings. The van der Waals surface area contributed by atoms with Crippen LogP contribution in [-0.4, -0.2) is 39.5 Å². The molecule has 2 atom stereocenters. The number of likely N-dealkylation sites (tertiary alicyclic amines) is 1. The summed E-state index contributed by atoms with van der Waals surface area (Å²) >= 11 is 1.33. The average molecular weight is 283 g/mol. The standard InChI is InChI=1S/C12H17N3O3S/c1-7(13)10-14-8(6-19-10)11(16)15-5-3-2-4-9(15)12(17)18/h6-7,9H,2-5,13H2,1H3,(H,17,18)/t7?,9-/m1/s1. The fourth-order valence-electron chi connectivity index (χ4n) is 2.17. The fraction of sp³-hybridized carbons (Fsp3) is 0.583. The third-order valence-corrected chi connectivity index (χ3v) is 4.22. The minimum absolute atomic E-state index is 0.219. The van der Waals surface area contributed by atoms with Gasteiger partial charge in [0, 0.05) is 11.9 Å². The molecule has 0 spiro atoms. The van der Waals surface area contributed by atoms with Crippen molar-refractivity contribution >= 4 is 23.2 Å². The van der Waals surface area contributed by atoms with E-state index >= 15 is 0 Å². The smallest absolute Gasteiger partial charge is 0.326 e.